The molecule has 0 amide bonds. The highest BCUT2D eigenvalue weighted by molar-refractivity contribution is 6.34. The van der Waals surface area contributed by atoms with Crippen LogP contribution in [0.4, 0.5) is 0 Å². The Hall–Kier alpha value is -1.18. The summed E-state index contributed by atoms with van der Waals surface area (Å²) in [4.78, 5) is 0. The van der Waals surface area contributed by atoms with Gasteiger partial charge in [0.25, 0.3) is 0 Å². The van der Waals surface area contributed by atoms with Gasteiger partial charge in [0, 0.05) is 0 Å². The SMILES string of the molecule is [B]c1cc(OC)cc2c1C=CCC2. The zero-order valence-electron chi connectivity index (χ0n) is 7.71. The lowest BCUT2D eigenvalue weighted by molar-refractivity contribution is 0.414. The topological polar surface area (TPSA) is 9.23 Å². The van der Waals surface area contributed by atoms with Crippen LogP contribution in [0.25, 0.3) is 6.08 Å². The molecule has 1 nitrogen and oxygen atoms in total. The van der Waals surface area contributed by atoms with Gasteiger partial charge in [0.2, 0.25) is 0 Å². The highest BCUT2D eigenvalue weighted by Crippen LogP contribution is 2.21. The van der Waals surface area contributed by atoms with Crippen molar-refractivity contribution in [3.05, 3.63) is 29.3 Å². The van der Waals surface area contributed by atoms with Crippen molar-refractivity contribution in [3.63, 3.8) is 0 Å². The standard InChI is InChI=1S/C11H11BO/c1-13-9-6-8-4-2-3-5-10(8)11(12)7-9/h3,5-7H,2,4H2,1H3. The number of benzene rings is 1. The van der Waals surface area contributed by atoms with Crippen LogP contribution in [0, 0.1) is 0 Å². The van der Waals surface area contributed by atoms with Crippen molar-refractivity contribution in [2.45, 2.75) is 12.8 Å². The highest BCUT2D eigenvalue weighted by Gasteiger charge is 2.08. The fraction of sp³-hybridized carbons (Fsp3) is 0.273. The number of hydrogen-bond acceptors (Lipinski definition) is 1. The summed E-state index contributed by atoms with van der Waals surface area (Å²) in [5.74, 6) is 0.853. The molecule has 0 N–H and O–H groups in total. The average Bonchev–Trinajstić information content (AvgIpc) is 2.18. The van der Waals surface area contributed by atoms with Crippen molar-refractivity contribution in [2.24, 2.45) is 0 Å². The molecule has 2 heteroatoms. The molecule has 2 radical (unpaired) electrons. The third-order valence-corrected chi connectivity index (χ3v) is 2.37. The van der Waals surface area contributed by atoms with Gasteiger partial charge in [0.15, 0.2) is 0 Å². The van der Waals surface area contributed by atoms with Crippen LogP contribution in [0.15, 0.2) is 18.2 Å². The molecule has 0 saturated heterocycles. The van der Waals surface area contributed by atoms with Crippen LogP contribution in [0.5, 0.6) is 5.75 Å². The number of fused-ring (bicyclic) bond motifs is 1. The lowest BCUT2D eigenvalue weighted by atomic mass is 9.84. The summed E-state index contributed by atoms with van der Waals surface area (Å²) in [7, 11) is 7.55. The number of hydrogen-bond donors (Lipinski definition) is 0. The normalized spacial score (nSPS) is 13.9. The highest BCUT2D eigenvalue weighted by atomic mass is 16.5. The molecule has 64 valence electrons. The molecule has 0 saturated carbocycles. The van der Waals surface area contributed by atoms with Crippen LogP contribution >= 0.6 is 0 Å². The van der Waals surface area contributed by atoms with E-state index in [-0.39, 0.29) is 0 Å². The van der Waals surface area contributed by atoms with Crippen LogP contribution < -0.4 is 10.2 Å². The van der Waals surface area contributed by atoms with Gasteiger partial charge in [-0.05, 0) is 36.1 Å². The minimum Gasteiger partial charge on any atom is -0.497 e. The zero-order valence-corrected chi connectivity index (χ0v) is 7.71. The smallest absolute Gasteiger partial charge is 0.118 e. The number of allylic oxidation sites excluding steroid dienone is 1. The summed E-state index contributed by atoms with van der Waals surface area (Å²) in [6.45, 7) is 0. The molecule has 0 bridgehead atoms. The van der Waals surface area contributed by atoms with Crippen molar-refractivity contribution < 1.29 is 4.74 Å². The average molecular weight is 170 g/mol. The summed E-state index contributed by atoms with van der Waals surface area (Å²) in [5.41, 5.74) is 3.26. The van der Waals surface area contributed by atoms with Gasteiger partial charge in [0.1, 0.15) is 13.6 Å². The fourth-order valence-corrected chi connectivity index (χ4v) is 1.68. The molecular weight excluding hydrogens is 159 g/mol. The molecule has 0 atom stereocenters. The van der Waals surface area contributed by atoms with E-state index in [2.05, 4.69) is 18.2 Å². The van der Waals surface area contributed by atoms with Crippen molar-refractivity contribution in [2.75, 3.05) is 7.11 Å². The lowest BCUT2D eigenvalue weighted by Gasteiger charge is -2.14. The van der Waals surface area contributed by atoms with Gasteiger partial charge in [-0.25, -0.2) is 0 Å². The van der Waals surface area contributed by atoms with E-state index in [4.69, 9.17) is 12.6 Å². The Morgan fingerprint density at radius 1 is 1.38 bits per heavy atom. The maximum Gasteiger partial charge on any atom is 0.118 e. The first-order valence-corrected chi connectivity index (χ1v) is 4.44. The van der Waals surface area contributed by atoms with E-state index in [0.29, 0.717) is 0 Å². The molecule has 0 heterocycles. The first-order valence-electron chi connectivity index (χ1n) is 4.44. The van der Waals surface area contributed by atoms with E-state index >= 15 is 0 Å². The molecule has 1 aliphatic carbocycles. The quantitative estimate of drug-likeness (QED) is 0.579. The second-order valence-electron chi connectivity index (χ2n) is 3.23. The van der Waals surface area contributed by atoms with Crippen molar-refractivity contribution in [1.29, 1.82) is 0 Å². The monoisotopic (exact) mass is 170 g/mol. The van der Waals surface area contributed by atoms with Gasteiger partial charge < -0.3 is 4.74 Å². The Bertz CT molecular complexity index is 355. The summed E-state index contributed by atoms with van der Waals surface area (Å²) in [5, 5.41) is 0. The van der Waals surface area contributed by atoms with Crippen molar-refractivity contribution in [3.8, 4) is 5.75 Å². The Balaban J connectivity index is 2.54. The predicted molar refractivity (Wildman–Crippen MR) is 55.7 cm³/mol. The van der Waals surface area contributed by atoms with Gasteiger partial charge in [0.05, 0.1) is 7.11 Å². The molecule has 0 unspecified atom stereocenters. The van der Waals surface area contributed by atoms with E-state index < -0.39 is 0 Å². The molecule has 2 rings (SSSR count). The molecule has 1 aliphatic rings. The largest absolute Gasteiger partial charge is 0.497 e. The van der Waals surface area contributed by atoms with Gasteiger partial charge in [-0.15, -0.1) is 0 Å². The minimum atomic E-state index is 0.810. The van der Waals surface area contributed by atoms with Crippen molar-refractivity contribution >= 4 is 19.4 Å². The van der Waals surface area contributed by atoms with Crippen LogP contribution in [-0.4, -0.2) is 15.0 Å². The number of rotatable bonds is 1. The molecule has 0 spiro atoms. The molecule has 13 heavy (non-hydrogen) atoms. The van der Waals surface area contributed by atoms with Crippen LogP contribution in [0.1, 0.15) is 17.5 Å². The molecule has 0 aromatic heterocycles. The summed E-state index contributed by atoms with van der Waals surface area (Å²) >= 11 is 0. The molecule has 1 aromatic carbocycles. The molecule has 1 aromatic rings. The summed E-state index contributed by atoms with van der Waals surface area (Å²) in [6.07, 6.45) is 6.41. The van der Waals surface area contributed by atoms with Crippen LogP contribution in [0.3, 0.4) is 0 Å². The Labute approximate surface area is 79.8 Å². The van der Waals surface area contributed by atoms with Gasteiger partial charge in [-0.3, -0.25) is 0 Å². The second-order valence-corrected chi connectivity index (χ2v) is 3.23. The van der Waals surface area contributed by atoms with Gasteiger partial charge >= 0.3 is 0 Å². The Morgan fingerprint density at radius 3 is 3.00 bits per heavy atom. The zero-order chi connectivity index (χ0) is 9.26. The first-order chi connectivity index (χ1) is 6.31. The Morgan fingerprint density at radius 2 is 2.23 bits per heavy atom. The van der Waals surface area contributed by atoms with E-state index in [1.807, 2.05) is 6.07 Å². The summed E-state index contributed by atoms with van der Waals surface area (Å²) in [6, 6.07) is 3.93. The summed E-state index contributed by atoms with van der Waals surface area (Å²) < 4.78 is 5.16. The van der Waals surface area contributed by atoms with E-state index in [1.54, 1.807) is 7.11 Å². The van der Waals surface area contributed by atoms with Crippen LogP contribution in [0.2, 0.25) is 0 Å². The lowest BCUT2D eigenvalue weighted by Crippen LogP contribution is -2.12. The van der Waals surface area contributed by atoms with Gasteiger partial charge in [-0.2, -0.15) is 0 Å². The Kier molecular flexibility index (Phi) is 2.13. The number of aryl methyl sites for hydroxylation is 1. The molecule has 0 fully saturated rings. The fourth-order valence-electron chi connectivity index (χ4n) is 1.68. The number of methoxy groups -OCH3 is 1. The third-order valence-electron chi connectivity index (χ3n) is 2.37. The van der Waals surface area contributed by atoms with E-state index in [1.165, 1.54) is 5.56 Å². The van der Waals surface area contributed by atoms with E-state index in [0.717, 1.165) is 29.6 Å². The predicted octanol–water partition coefficient (Wildman–Crippen LogP) is 1.45. The first kappa shape index (κ1) is 8.42. The molecular formula is C11H11BO. The van der Waals surface area contributed by atoms with Crippen LogP contribution in [-0.2, 0) is 6.42 Å². The minimum absolute atomic E-state index is 0.810. The maximum atomic E-state index is 5.89. The molecule has 0 aliphatic heterocycles. The maximum absolute atomic E-state index is 5.89. The number of ether oxygens (including phenoxy) is 1. The second kappa shape index (κ2) is 3.29. The van der Waals surface area contributed by atoms with Crippen molar-refractivity contribution in [1.82, 2.24) is 0 Å². The third kappa shape index (κ3) is 1.49. The van der Waals surface area contributed by atoms with Gasteiger partial charge in [-0.1, -0.05) is 17.6 Å². The van der Waals surface area contributed by atoms with E-state index in [9.17, 15) is 0 Å².